The smallest absolute Gasteiger partial charge is 0.411 e. The molecule has 0 saturated carbocycles. The van der Waals surface area contributed by atoms with Gasteiger partial charge in [0, 0.05) is 88.6 Å². The summed E-state index contributed by atoms with van der Waals surface area (Å²) in [5.74, 6) is -4.65. The summed E-state index contributed by atoms with van der Waals surface area (Å²) in [5.41, 5.74) is 5.07. The molecule has 2 fully saturated rings. The van der Waals surface area contributed by atoms with E-state index < -0.39 is 83.5 Å². The fraction of sp³-hybridized carbons (Fsp3) is 0.359. The molecule has 2 aliphatic heterocycles. The van der Waals surface area contributed by atoms with Crippen molar-refractivity contribution in [1.82, 2.24) is 15.2 Å². The number of fused-ring (bicyclic) bond motifs is 3. The SMILES string of the molecule is COC(=O)[C@H]1O[C@@H](Oc2ccc(COC(=O)Nc3cccc(C(=O)N4CCC(CCCCNc5c(Nc6ccncc6)c(=O)c5=O)CC4)c3)cc2NC(=O)CCNC(=O)OCC2c3ccccc3-c3ccccc32)[C@H](OC(C)=O)[C@@H](OC(C)=O)[C@@H]1OC(C)=O. The Hall–Kier alpha value is -10.2. The van der Waals surface area contributed by atoms with Crippen LogP contribution < -0.4 is 42.2 Å². The lowest BCUT2D eigenvalue weighted by atomic mass is 9.91. The van der Waals surface area contributed by atoms with E-state index in [4.69, 9.17) is 37.9 Å². The van der Waals surface area contributed by atoms with Gasteiger partial charge < -0.3 is 64.1 Å². The number of aromatic nitrogens is 1. The second kappa shape index (κ2) is 29.5. The zero-order valence-electron chi connectivity index (χ0n) is 49.2. The highest BCUT2D eigenvalue weighted by Crippen LogP contribution is 2.44. The van der Waals surface area contributed by atoms with E-state index in [1.54, 1.807) is 53.7 Å². The molecule has 1 aliphatic carbocycles. The van der Waals surface area contributed by atoms with Crippen LogP contribution >= 0.6 is 0 Å². The molecule has 25 nitrogen and oxygen atoms in total. The van der Waals surface area contributed by atoms with Crippen molar-refractivity contribution in [2.75, 3.05) is 61.2 Å². The first-order valence-corrected chi connectivity index (χ1v) is 28.9. The number of esters is 4. The van der Waals surface area contributed by atoms with Crippen molar-refractivity contribution in [1.29, 1.82) is 0 Å². The van der Waals surface area contributed by atoms with Crippen molar-refractivity contribution in [3.63, 3.8) is 0 Å². The second-order valence-electron chi connectivity index (χ2n) is 21.4. The lowest BCUT2D eigenvalue weighted by Crippen LogP contribution is -2.64. The number of amides is 4. The average Bonchev–Trinajstić information content (AvgIpc) is 1.97. The number of ether oxygens (including phenoxy) is 8. The number of alkyl carbamates (subject to hydrolysis) is 1. The van der Waals surface area contributed by atoms with Crippen LogP contribution in [0, 0.1) is 5.92 Å². The molecule has 5 N–H and O–H groups in total. The Kier molecular flexibility index (Phi) is 21.0. The van der Waals surface area contributed by atoms with Crippen molar-refractivity contribution in [3.05, 3.63) is 158 Å². The molecule has 3 aliphatic rings. The number of piperidine rings is 1. The molecule has 466 valence electrons. The quantitative estimate of drug-likeness (QED) is 0.0172. The normalized spacial score (nSPS) is 17.8. The van der Waals surface area contributed by atoms with Crippen LogP contribution in [-0.4, -0.2) is 128 Å². The minimum Gasteiger partial charge on any atom is -0.467 e. The molecule has 4 amide bonds. The van der Waals surface area contributed by atoms with Crippen molar-refractivity contribution >= 4 is 76.3 Å². The summed E-state index contributed by atoms with van der Waals surface area (Å²) in [4.78, 5) is 135. The number of unbranched alkanes of at least 4 members (excludes halogenated alkanes) is 1. The van der Waals surface area contributed by atoms with E-state index in [9.17, 15) is 47.9 Å². The molecule has 3 heterocycles. The molecule has 0 spiro atoms. The molecular formula is C64H67N7O18. The van der Waals surface area contributed by atoms with Crippen LogP contribution in [0.3, 0.4) is 0 Å². The number of likely N-dealkylation sites (tertiary alicyclic amines) is 1. The molecule has 89 heavy (non-hydrogen) atoms. The Bertz CT molecular complexity index is 3610. The van der Waals surface area contributed by atoms with E-state index in [-0.39, 0.29) is 66.5 Å². The van der Waals surface area contributed by atoms with Crippen LogP contribution in [0.2, 0.25) is 0 Å². The molecule has 25 heteroatoms. The number of methoxy groups -OCH3 is 1. The molecule has 9 rings (SSSR count). The molecule has 0 unspecified atom stereocenters. The minimum atomic E-state index is -1.81. The van der Waals surface area contributed by atoms with Gasteiger partial charge in [-0.15, -0.1) is 0 Å². The van der Waals surface area contributed by atoms with Crippen LogP contribution in [0.15, 0.2) is 125 Å². The first-order valence-electron chi connectivity index (χ1n) is 28.9. The third-order valence-electron chi connectivity index (χ3n) is 15.2. The van der Waals surface area contributed by atoms with E-state index in [0.29, 0.717) is 42.4 Å². The van der Waals surface area contributed by atoms with Crippen LogP contribution in [0.5, 0.6) is 5.75 Å². The van der Waals surface area contributed by atoms with Crippen LogP contribution in [0.4, 0.5) is 38.0 Å². The van der Waals surface area contributed by atoms with Gasteiger partial charge in [-0.3, -0.25) is 43.9 Å². The number of pyridine rings is 1. The maximum absolute atomic E-state index is 13.7. The molecule has 0 bridgehead atoms. The van der Waals surface area contributed by atoms with Crippen molar-refractivity contribution in [2.45, 2.75) is 103 Å². The zero-order chi connectivity index (χ0) is 63.1. The van der Waals surface area contributed by atoms with Gasteiger partial charge >= 0.3 is 36.1 Å². The van der Waals surface area contributed by atoms with E-state index in [2.05, 4.69) is 31.6 Å². The average molecular weight is 1220 g/mol. The first kappa shape index (κ1) is 63.3. The third kappa shape index (κ3) is 16.1. The predicted molar refractivity (Wildman–Crippen MR) is 321 cm³/mol. The minimum absolute atomic E-state index is 0.0373. The summed E-state index contributed by atoms with van der Waals surface area (Å²) in [6.45, 7) is 4.19. The predicted octanol–water partition coefficient (Wildman–Crippen LogP) is 7.24. The summed E-state index contributed by atoms with van der Waals surface area (Å²) < 4.78 is 44.7. The van der Waals surface area contributed by atoms with Gasteiger partial charge in [-0.25, -0.2) is 14.4 Å². The number of hydrogen-bond acceptors (Lipinski definition) is 21. The summed E-state index contributed by atoms with van der Waals surface area (Å²) in [5, 5.41) is 14.1. The fourth-order valence-corrected chi connectivity index (χ4v) is 11.0. The van der Waals surface area contributed by atoms with Gasteiger partial charge in [0.05, 0.1) is 12.8 Å². The standard InChI is InChI=1S/C64H67N7O18/c1-36(72)85-56-57(86-37(2)73)59(87-38(3)74)62(89-58(56)61(79)82-4)88-50-20-19-40(32-49(50)70-51(75)23-29-67-63(80)84-35-48-46-17-7-5-15-44(46)45-16-6-8-18-47(45)48)34-83-64(81)69-43-14-11-13-41(33-43)60(78)71-30-24-39(25-31-71)12-9-10-26-66-52-53(55(77)54(52)76)68-42-21-27-65-28-22-42/h5-8,11,13-22,27-28,32-33,39,48,56-59,62,66H,9-10,12,23-26,29-31,34-35H2,1-4H3,(H,65,68)(H,67,80)(H,69,81)(H,70,75)/t56-,57-,58-,59+,62+/m0/s1. The molecule has 0 radical (unpaired) electrons. The Morgan fingerprint density at radius 3 is 2.01 bits per heavy atom. The number of nitrogens with one attached hydrogen (secondary N) is 5. The highest BCUT2D eigenvalue weighted by Gasteiger charge is 2.56. The maximum Gasteiger partial charge on any atom is 0.411 e. The van der Waals surface area contributed by atoms with Gasteiger partial charge in [-0.2, -0.15) is 0 Å². The van der Waals surface area contributed by atoms with Gasteiger partial charge in [0.2, 0.25) is 18.3 Å². The number of hydrogen-bond donors (Lipinski definition) is 5. The Morgan fingerprint density at radius 2 is 1.33 bits per heavy atom. The molecule has 5 aromatic carbocycles. The summed E-state index contributed by atoms with van der Waals surface area (Å²) in [6, 6.07) is 29.8. The first-order chi connectivity index (χ1) is 42.9. The van der Waals surface area contributed by atoms with E-state index in [1.807, 2.05) is 48.5 Å². The van der Waals surface area contributed by atoms with E-state index in [0.717, 1.165) is 82.2 Å². The second-order valence-corrected chi connectivity index (χ2v) is 21.4. The molecule has 2 saturated heterocycles. The summed E-state index contributed by atoms with van der Waals surface area (Å²) >= 11 is 0. The monoisotopic (exact) mass is 1220 g/mol. The largest absolute Gasteiger partial charge is 0.467 e. The molecule has 5 atom stereocenters. The molecule has 1 aromatic heterocycles. The van der Waals surface area contributed by atoms with Crippen LogP contribution in [0.25, 0.3) is 11.1 Å². The van der Waals surface area contributed by atoms with E-state index >= 15 is 0 Å². The number of anilines is 5. The number of nitrogens with zero attached hydrogens (tertiary/aromatic N) is 2. The van der Waals surface area contributed by atoms with Gasteiger partial charge in [-0.1, -0.05) is 73.5 Å². The van der Waals surface area contributed by atoms with Crippen molar-refractivity contribution in [2.24, 2.45) is 5.92 Å². The van der Waals surface area contributed by atoms with E-state index in [1.165, 1.54) is 18.2 Å². The zero-order valence-corrected chi connectivity index (χ0v) is 49.2. The summed E-state index contributed by atoms with van der Waals surface area (Å²) in [6.07, 6.45) is -3.27. The number of rotatable bonds is 24. The molecule has 6 aromatic rings. The van der Waals surface area contributed by atoms with Gasteiger partial charge in [0.1, 0.15) is 30.3 Å². The highest BCUT2D eigenvalue weighted by molar-refractivity contribution is 5.96. The Morgan fingerprint density at radius 1 is 0.663 bits per heavy atom. The third-order valence-corrected chi connectivity index (χ3v) is 15.2. The van der Waals surface area contributed by atoms with Gasteiger partial charge in [0.15, 0.2) is 18.3 Å². The topological polar surface area (TPSA) is 321 Å². The summed E-state index contributed by atoms with van der Waals surface area (Å²) in [7, 11) is 1.03. The van der Waals surface area contributed by atoms with Crippen molar-refractivity contribution in [3.8, 4) is 16.9 Å². The van der Waals surface area contributed by atoms with Gasteiger partial charge in [0.25, 0.3) is 16.8 Å². The highest BCUT2D eigenvalue weighted by atomic mass is 16.7. The number of benzene rings is 4. The molecular weight excluding hydrogens is 1150 g/mol. The van der Waals surface area contributed by atoms with Crippen LogP contribution in [-0.2, 0) is 63.7 Å². The number of carbonyl (C=O) groups is 8. The lowest BCUT2D eigenvalue weighted by Gasteiger charge is -2.43. The van der Waals surface area contributed by atoms with Gasteiger partial charge in [-0.05, 0) is 95.5 Å². The Balaban J connectivity index is 0.810. The lowest BCUT2D eigenvalue weighted by molar-refractivity contribution is -0.282. The maximum atomic E-state index is 13.7. The Labute approximate surface area is 510 Å². The van der Waals surface area contributed by atoms with Crippen molar-refractivity contribution < 1.29 is 76.3 Å². The van der Waals surface area contributed by atoms with Crippen LogP contribution in [0.1, 0.15) is 92.3 Å². The fourth-order valence-electron chi connectivity index (χ4n) is 11.0. The number of carbonyl (C=O) groups excluding carboxylic acids is 8.